The Bertz CT molecular complexity index is 1070. The number of carbonyl (C=O) groups is 2. The molecule has 1 aromatic carbocycles. The first-order valence-electron chi connectivity index (χ1n) is 9.74. The molecule has 2 aromatic heterocycles. The van der Waals surface area contributed by atoms with Gasteiger partial charge < -0.3 is 19.2 Å². The van der Waals surface area contributed by atoms with E-state index in [-0.39, 0.29) is 28.9 Å². The summed E-state index contributed by atoms with van der Waals surface area (Å²) in [6.07, 6.45) is 3.20. The molecule has 1 fully saturated rings. The van der Waals surface area contributed by atoms with E-state index in [9.17, 15) is 14.4 Å². The number of amides is 2. The highest BCUT2D eigenvalue weighted by molar-refractivity contribution is 5.96. The van der Waals surface area contributed by atoms with Crippen LogP contribution < -0.4 is 10.9 Å². The Balaban J connectivity index is 1.31. The summed E-state index contributed by atoms with van der Waals surface area (Å²) in [7, 11) is 1.62. The molecule has 150 valence electrons. The van der Waals surface area contributed by atoms with E-state index in [1.165, 1.54) is 10.6 Å². The van der Waals surface area contributed by atoms with Crippen molar-refractivity contribution in [1.29, 1.82) is 0 Å². The number of piperidine rings is 1. The molecule has 0 spiro atoms. The van der Waals surface area contributed by atoms with Gasteiger partial charge in [0.25, 0.3) is 17.4 Å². The quantitative estimate of drug-likeness (QED) is 0.738. The zero-order valence-electron chi connectivity index (χ0n) is 16.3. The summed E-state index contributed by atoms with van der Waals surface area (Å²) in [5, 5.41) is 3.77. The number of hydrogen-bond donors (Lipinski definition) is 1. The number of nitrogens with zero attached hydrogens (tertiary/aromatic N) is 2. The number of aromatic nitrogens is 1. The summed E-state index contributed by atoms with van der Waals surface area (Å²) in [6.45, 7) is 1.72. The van der Waals surface area contributed by atoms with Crippen LogP contribution in [-0.4, -0.2) is 40.9 Å². The maximum atomic E-state index is 12.7. The Hall–Kier alpha value is -3.35. The van der Waals surface area contributed by atoms with Gasteiger partial charge in [0, 0.05) is 38.3 Å². The molecule has 29 heavy (non-hydrogen) atoms. The molecule has 0 unspecified atom stereocenters. The van der Waals surface area contributed by atoms with Crippen molar-refractivity contribution in [2.45, 2.75) is 12.8 Å². The van der Waals surface area contributed by atoms with Crippen molar-refractivity contribution in [3.63, 3.8) is 0 Å². The minimum Gasteiger partial charge on any atom is -0.451 e. The number of fused-ring (bicyclic) bond motifs is 1. The molecule has 0 saturated carbocycles. The van der Waals surface area contributed by atoms with Crippen LogP contribution >= 0.6 is 0 Å². The van der Waals surface area contributed by atoms with Crippen LogP contribution in [0.2, 0.25) is 0 Å². The zero-order chi connectivity index (χ0) is 20.4. The highest BCUT2D eigenvalue weighted by Crippen LogP contribution is 2.23. The second-order valence-corrected chi connectivity index (χ2v) is 7.43. The highest BCUT2D eigenvalue weighted by Gasteiger charge is 2.26. The molecule has 1 aliphatic heterocycles. The number of hydrogen-bond acceptors (Lipinski definition) is 4. The zero-order valence-corrected chi connectivity index (χ0v) is 16.3. The summed E-state index contributed by atoms with van der Waals surface area (Å²) >= 11 is 0. The predicted octanol–water partition coefficient (Wildman–Crippen LogP) is 2.41. The van der Waals surface area contributed by atoms with Gasteiger partial charge in [0.2, 0.25) is 0 Å². The fourth-order valence-corrected chi connectivity index (χ4v) is 3.69. The molecule has 1 N–H and O–H groups in total. The number of likely N-dealkylation sites (tertiary alicyclic amines) is 1. The largest absolute Gasteiger partial charge is 0.451 e. The van der Waals surface area contributed by atoms with Crippen molar-refractivity contribution in [2.75, 3.05) is 19.6 Å². The van der Waals surface area contributed by atoms with Gasteiger partial charge >= 0.3 is 0 Å². The van der Waals surface area contributed by atoms with Gasteiger partial charge in [-0.05, 0) is 43.0 Å². The molecular formula is C22H23N3O4. The van der Waals surface area contributed by atoms with Crippen molar-refractivity contribution in [1.82, 2.24) is 14.8 Å². The molecular weight excluding hydrogens is 370 g/mol. The van der Waals surface area contributed by atoms with Gasteiger partial charge in [-0.2, -0.15) is 0 Å². The van der Waals surface area contributed by atoms with E-state index in [2.05, 4.69) is 5.32 Å². The molecule has 2 amide bonds. The normalized spacial score (nSPS) is 14.9. The van der Waals surface area contributed by atoms with Gasteiger partial charge in [0.1, 0.15) is 11.1 Å². The fraction of sp³-hybridized carbons (Fsp3) is 0.318. The lowest BCUT2D eigenvalue weighted by atomic mass is 9.96. The standard InChI is InChI=1S/C22H23N3O4/c1-24-10-4-6-17(21(24)27)20(26)23-14-15-8-11-25(12-9-15)22(28)19-13-16-5-2-3-7-18(16)29-19/h2-7,10,13,15H,8-9,11-12,14H2,1H3,(H,23,26). The number of para-hydroxylation sites is 1. The van der Waals surface area contributed by atoms with Crippen LogP contribution in [0.1, 0.15) is 33.8 Å². The third-order valence-electron chi connectivity index (χ3n) is 5.46. The average Bonchev–Trinajstić information content (AvgIpc) is 3.18. The van der Waals surface area contributed by atoms with E-state index < -0.39 is 0 Å². The van der Waals surface area contributed by atoms with Gasteiger partial charge in [0.15, 0.2) is 5.76 Å². The van der Waals surface area contributed by atoms with Crippen LogP contribution in [0.25, 0.3) is 11.0 Å². The summed E-state index contributed by atoms with van der Waals surface area (Å²) in [5.41, 5.74) is 0.546. The van der Waals surface area contributed by atoms with E-state index in [0.717, 1.165) is 18.2 Å². The SMILES string of the molecule is Cn1cccc(C(=O)NCC2CCN(C(=O)c3cc4ccccc4o3)CC2)c1=O. The molecule has 1 aliphatic rings. The van der Waals surface area contributed by atoms with E-state index in [0.29, 0.717) is 31.0 Å². The Kier molecular flexibility index (Phi) is 5.20. The number of nitrogens with one attached hydrogen (secondary N) is 1. The highest BCUT2D eigenvalue weighted by atomic mass is 16.3. The summed E-state index contributed by atoms with van der Waals surface area (Å²) in [5.74, 6) is 0.174. The average molecular weight is 393 g/mol. The molecule has 7 heteroatoms. The minimum absolute atomic E-state index is 0.100. The lowest BCUT2D eigenvalue weighted by Gasteiger charge is -2.31. The molecule has 0 atom stereocenters. The smallest absolute Gasteiger partial charge is 0.289 e. The van der Waals surface area contributed by atoms with Crippen molar-refractivity contribution in [3.05, 3.63) is 70.3 Å². The molecule has 1 saturated heterocycles. The van der Waals surface area contributed by atoms with Crippen molar-refractivity contribution < 1.29 is 14.0 Å². The summed E-state index contributed by atoms with van der Waals surface area (Å²) in [6, 6.07) is 12.6. The lowest BCUT2D eigenvalue weighted by Crippen LogP contribution is -2.42. The summed E-state index contributed by atoms with van der Waals surface area (Å²) in [4.78, 5) is 38.8. The first-order chi connectivity index (χ1) is 14.0. The van der Waals surface area contributed by atoms with Crippen molar-refractivity contribution in [2.24, 2.45) is 13.0 Å². The molecule has 3 aromatic rings. The Morgan fingerprint density at radius 2 is 1.90 bits per heavy atom. The third kappa shape index (κ3) is 3.94. The first kappa shape index (κ1) is 19.0. The maximum absolute atomic E-state index is 12.7. The van der Waals surface area contributed by atoms with E-state index in [1.807, 2.05) is 24.3 Å². The first-order valence-corrected chi connectivity index (χ1v) is 9.74. The van der Waals surface area contributed by atoms with Crippen LogP contribution in [0.3, 0.4) is 0 Å². The molecule has 7 nitrogen and oxygen atoms in total. The number of aryl methyl sites for hydroxylation is 1. The lowest BCUT2D eigenvalue weighted by molar-refractivity contribution is 0.0655. The molecule has 0 radical (unpaired) electrons. The molecule has 3 heterocycles. The maximum Gasteiger partial charge on any atom is 0.289 e. The van der Waals surface area contributed by atoms with E-state index >= 15 is 0 Å². The number of carbonyl (C=O) groups excluding carboxylic acids is 2. The number of furan rings is 1. The van der Waals surface area contributed by atoms with Gasteiger partial charge in [0.05, 0.1) is 0 Å². The van der Waals surface area contributed by atoms with Crippen LogP contribution in [0, 0.1) is 5.92 Å². The topological polar surface area (TPSA) is 84.6 Å². The van der Waals surface area contributed by atoms with Crippen LogP contribution in [-0.2, 0) is 7.05 Å². The second-order valence-electron chi connectivity index (χ2n) is 7.43. The van der Waals surface area contributed by atoms with Crippen molar-refractivity contribution in [3.8, 4) is 0 Å². The third-order valence-corrected chi connectivity index (χ3v) is 5.46. The van der Waals surface area contributed by atoms with E-state index in [4.69, 9.17) is 4.42 Å². The Morgan fingerprint density at radius 1 is 1.14 bits per heavy atom. The fourth-order valence-electron chi connectivity index (χ4n) is 3.69. The monoisotopic (exact) mass is 393 g/mol. The van der Waals surface area contributed by atoms with Crippen molar-refractivity contribution >= 4 is 22.8 Å². The van der Waals surface area contributed by atoms with Gasteiger partial charge in [-0.25, -0.2) is 0 Å². The molecule has 0 bridgehead atoms. The molecule has 4 rings (SSSR count). The van der Waals surface area contributed by atoms with Gasteiger partial charge in [-0.3, -0.25) is 14.4 Å². The Labute approximate surface area is 167 Å². The van der Waals surface area contributed by atoms with Crippen LogP contribution in [0.15, 0.2) is 57.9 Å². The predicted molar refractivity (Wildman–Crippen MR) is 109 cm³/mol. The van der Waals surface area contributed by atoms with Gasteiger partial charge in [-0.1, -0.05) is 18.2 Å². The number of benzene rings is 1. The molecule has 0 aliphatic carbocycles. The van der Waals surface area contributed by atoms with E-state index in [1.54, 1.807) is 30.3 Å². The van der Waals surface area contributed by atoms with Crippen LogP contribution in [0.5, 0.6) is 0 Å². The van der Waals surface area contributed by atoms with Gasteiger partial charge in [-0.15, -0.1) is 0 Å². The summed E-state index contributed by atoms with van der Waals surface area (Å²) < 4.78 is 7.06. The minimum atomic E-state index is -0.355. The van der Waals surface area contributed by atoms with Crippen LogP contribution in [0.4, 0.5) is 0 Å². The number of rotatable bonds is 4. The Morgan fingerprint density at radius 3 is 2.66 bits per heavy atom. The second kappa shape index (κ2) is 7.95. The number of pyridine rings is 1.